The van der Waals surface area contributed by atoms with Crippen molar-refractivity contribution < 1.29 is 9.53 Å². The molecule has 0 spiro atoms. The van der Waals surface area contributed by atoms with Crippen molar-refractivity contribution in [1.82, 2.24) is 29.1 Å². The minimum absolute atomic E-state index is 0.221. The molecule has 0 fully saturated rings. The Hall–Kier alpha value is -4.73. The Morgan fingerprint density at radius 1 is 1.00 bits per heavy atom. The van der Waals surface area contributed by atoms with E-state index in [2.05, 4.69) is 20.5 Å². The van der Waals surface area contributed by atoms with E-state index in [-0.39, 0.29) is 18.0 Å². The van der Waals surface area contributed by atoms with Crippen molar-refractivity contribution in [1.29, 1.82) is 0 Å². The standard InChI is InChI=1S/C25H21N7O3/c1-35-19-5-7-22-21(12-19)27-25-28-24(34)17-4-2-3-16(11-17)14-32-23(33)8-6-20(29-32)18-13-26-30(15-18)9-10-31(22)25/h2-8,11-13,15H,9-10,14H2,1H3,(H,27,28,34). The molecular formula is C25H21N7O3. The van der Waals surface area contributed by atoms with Crippen LogP contribution in [0.2, 0.25) is 0 Å². The minimum Gasteiger partial charge on any atom is -0.497 e. The molecule has 35 heavy (non-hydrogen) atoms. The Kier molecular flexibility index (Phi) is 4.91. The van der Waals surface area contributed by atoms with Gasteiger partial charge in [0.05, 0.1) is 43.1 Å². The van der Waals surface area contributed by atoms with Crippen molar-refractivity contribution in [3.05, 3.63) is 88.5 Å². The molecule has 5 aromatic rings. The number of nitrogens with zero attached hydrogens (tertiary/aromatic N) is 6. The van der Waals surface area contributed by atoms with Crippen molar-refractivity contribution in [2.24, 2.45) is 0 Å². The molecule has 10 nitrogen and oxygen atoms in total. The van der Waals surface area contributed by atoms with Gasteiger partial charge in [0.2, 0.25) is 5.95 Å². The number of amides is 1. The fraction of sp³-hybridized carbons (Fsp3) is 0.160. The third-order valence-corrected chi connectivity index (χ3v) is 6.05. The maximum Gasteiger partial charge on any atom is 0.267 e. The number of hydrogen-bond acceptors (Lipinski definition) is 6. The van der Waals surface area contributed by atoms with Crippen LogP contribution in [0.25, 0.3) is 22.3 Å². The highest BCUT2D eigenvalue weighted by atomic mass is 16.5. The van der Waals surface area contributed by atoms with Gasteiger partial charge in [-0.1, -0.05) is 12.1 Å². The van der Waals surface area contributed by atoms with E-state index in [1.54, 1.807) is 37.6 Å². The SMILES string of the molecule is COc1ccc2c(c1)nc1n2CCn2cc(cn2)-c2ccc(=O)n(n2)Cc2cccc(c2)C(=O)N1. The van der Waals surface area contributed by atoms with Gasteiger partial charge in [0.15, 0.2) is 0 Å². The first-order chi connectivity index (χ1) is 17.1. The zero-order chi connectivity index (χ0) is 23.9. The highest BCUT2D eigenvalue weighted by molar-refractivity contribution is 6.04. The number of imidazole rings is 1. The molecule has 0 unspecified atom stereocenters. The van der Waals surface area contributed by atoms with E-state index >= 15 is 0 Å². The van der Waals surface area contributed by atoms with E-state index in [1.165, 1.54) is 10.7 Å². The van der Waals surface area contributed by atoms with Gasteiger partial charge in [0.25, 0.3) is 11.5 Å². The number of anilines is 1. The van der Waals surface area contributed by atoms with Crippen LogP contribution in [0.4, 0.5) is 5.95 Å². The Bertz CT molecular complexity index is 1650. The normalized spacial score (nSPS) is 13.3. The van der Waals surface area contributed by atoms with Gasteiger partial charge in [-0.25, -0.2) is 9.67 Å². The number of fused-ring (bicyclic) bond motifs is 10. The lowest BCUT2D eigenvalue weighted by molar-refractivity contribution is 0.102. The summed E-state index contributed by atoms with van der Waals surface area (Å²) >= 11 is 0. The molecule has 6 bridgehead atoms. The number of hydrogen-bond donors (Lipinski definition) is 1. The predicted octanol–water partition coefficient (Wildman–Crippen LogP) is 2.78. The molecule has 10 heteroatoms. The van der Waals surface area contributed by atoms with E-state index in [1.807, 2.05) is 39.7 Å². The van der Waals surface area contributed by atoms with Crippen molar-refractivity contribution >= 4 is 22.9 Å². The van der Waals surface area contributed by atoms with E-state index in [9.17, 15) is 9.59 Å². The molecule has 3 aromatic heterocycles. The molecule has 1 aliphatic rings. The molecule has 1 aliphatic heterocycles. The zero-order valence-corrected chi connectivity index (χ0v) is 18.9. The lowest BCUT2D eigenvalue weighted by Gasteiger charge is -2.12. The molecule has 0 atom stereocenters. The number of aromatic nitrogens is 6. The summed E-state index contributed by atoms with van der Waals surface area (Å²) in [5.41, 5.74) is 4.08. The molecule has 2 aromatic carbocycles. The second-order valence-corrected chi connectivity index (χ2v) is 8.30. The summed E-state index contributed by atoms with van der Waals surface area (Å²) in [6.45, 7) is 1.29. The number of carbonyl (C=O) groups is 1. The average molecular weight is 467 g/mol. The Labute approximate surface area is 199 Å². The third-order valence-electron chi connectivity index (χ3n) is 6.05. The number of ether oxygens (including phenoxy) is 1. The van der Waals surface area contributed by atoms with Crippen LogP contribution in [-0.4, -0.2) is 42.1 Å². The van der Waals surface area contributed by atoms with Crippen LogP contribution in [-0.2, 0) is 19.6 Å². The van der Waals surface area contributed by atoms with Crippen molar-refractivity contribution in [3.8, 4) is 17.0 Å². The summed E-state index contributed by atoms with van der Waals surface area (Å²) in [5, 5.41) is 12.0. The Morgan fingerprint density at radius 2 is 1.91 bits per heavy atom. The highest BCUT2D eigenvalue weighted by Gasteiger charge is 2.17. The first kappa shape index (κ1) is 20.8. The van der Waals surface area contributed by atoms with Crippen molar-refractivity contribution in [2.75, 3.05) is 12.4 Å². The summed E-state index contributed by atoms with van der Waals surface area (Å²) in [6.07, 6.45) is 3.62. The van der Waals surface area contributed by atoms with Crippen molar-refractivity contribution in [3.63, 3.8) is 0 Å². The largest absolute Gasteiger partial charge is 0.497 e. The van der Waals surface area contributed by atoms with Crippen molar-refractivity contribution in [2.45, 2.75) is 19.6 Å². The number of methoxy groups -OCH3 is 1. The summed E-state index contributed by atoms with van der Waals surface area (Å²) in [4.78, 5) is 30.3. The minimum atomic E-state index is -0.294. The molecular weight excluding hydrogens is 446 g/mol. The number of benzene rings is 2. The van der Waals surface area contributed by atoms with E-state index < -0.39 is 0 Å². The van der Waals surface area contributed by atoms with E-state index in [0.29, 0.717) is 41.6 Å². The smallest absolute Gasteiger partial charge is 0.267 e. The van der Waals surface area contributed by atoms with Gasteiger partial charge in [-0.05, 0) is 35.9 Å². The van der Waals surface area contributed by atoms with Crippen LogP contribution >= 0.6 is 0 Å². The van der Waals surface area contributed by atoms with Crippen LogP contribution in [0.3, 0.4) is 0 Å². The number of rotatable bonds is 1. The van der Waals surface area contributed by atoms with Gasteiger partial charge >= 0.3 is 0 Å². The second-order valence-electron chi connectivity index (χ2n) is 8.30. The van der Waals surface area contributed by atoms with Gasteiger partial charge in [0, 0.05) is 36.0 Å². The van der Waals surface area contributed by atoms with Gasteiger partial charge in [-0.15, -0.1) is 0 Å². The molecule has 4 heterocycles. The average Bonchev–Trinajstić information content (AvgIpc) is 3.47. The van der Waals surface area contributed by atoms with Crippen LogP contribution in [0, 0.1) is 0 Å². The molecule has 0 saturated heterocycles. The lowest BCUT2D eigenvalue weighted by Crippen LogP contribution is -2.23. The molecule has 174 valence electrons. The lowest BCUT2D eigenvalue weighted by atomic mass is 10.1. The molecule has 1 amide bonds. The Morgan fingerprint density at radius 3 is 2.80 bits per heavy atom. The summed E-state index contributed by atoms with van der Waals surface area (Å²) < 4.78 is 10.5. The van der Waals surface area contributed by atoms with E-state index in [4.69, 9.17) is 4.74 Å². The zero-order valence-electron chi connectivity index (χ0n) is 18.9. The van der Waals surface area contributed by atoms with Crippen LogP contribution in [0.15, 0.2) is 71.8 Å². The summed E-state index contributed by atoms with van der Waals surface area (Å²) in [5.74, 6) is 0.830. The third kappa shape index (κ3) is 3.84. The summed E-state index contributed by atoms with van der Waals surface area (Å²) in [6, 6.07) is 16.0. The Balaban J connectivity index is 1.49. The maximum absolute atomic E-state index is 13.2. The van der Waals surface area contributed by atoms with Gasteiger partial charge in [0.1, 0.15) is 5.75 Å². The van der Waals surface area contributed by atoms with E-state index in [0.717, 1.165) is 16.6 Å². The number of nitrogens with one attached hydrogen (secondary N) is 1. The monoisotopic (exact) mass is 467 g/mol. The molecule has 0 aliphatic carbocycles. The fourth-order valence-corrected chi connectivity index (χ4v) is 4.25. The second kappa shape index (κ2) is 8.24. The fourth-order valence-electron chi connectivity index (χ4n) is 4.25. The molecule has 0 radical (unpaired) electrons. The van der Waals surface area contributed by atoms with Crippen LogP contribution < -0.4 is 15.6 Å². The number of aryl methyl sites for hydroxylation is 2. The molecule has 1 N–H and O–H groups in total. The van der Waals surface area contributed by atoms with Gasteiger partial charge < -0.3 is 9.30 Å². The molecule has 6 rings (SSSR count). The van der Waals surface area contributed by atoms with Crippen LogP contribution in [0.5, 0.6) is 5.75 Å². The maximum atomic E-state index is 13.2. The molecule has 0 saturated carbocycles. The van der Waals surface area contributed by atoms with Gasteiger partial charge in [-0.3, -0.25) is 19.6 Å². The predicted molar refractivity (Wildman–Crippen MR) is 130 cm³/mol. The van der Waals surface area contributed by atoms with Crippen LogP contribution in [0.1, 0.15) is 15.9 Å². The first-order valence-electron chi connectivity index (χ1n) is 11.1. The van der Waals surface area contributed by atoms with Gasteiger partial charge in [-0.2, -0.15) is 10.2 Å². The topological polar surface area (TPSA) is 109 Å². The summed E-state index contributed by atoms with van der Waals surface area (Å²) in [7, 11) is 1.61. The number of carbonyl (C=O) groups excluding carboxylic acids is 1. The highest BCUT2D eigenvalue weighted by Crippen LogP contribution is 2.25. The first-order valence-corrected chi connectivity index (χ1v) is 11.1. The quantitative estimate of drug-likeness (QED) is 0.406.